The Kier molecular flexibility index (Phi) is 6.87. The van der Waals surface area contributed by atoms with Gasteiger partial charge in [0.05, 0.1) is 18.8 Å². The van der Waals surface area contributed by atoms with Crippen molar-refractivity contribution in [3.8, 4) is 0 Å². The fraction of sp³-hybridized carbons (Fsp3) is 0.684. The van der Waals surface area contributed by atoms with Crippen LogP contribution in [0.2, 0.25) is 0 Å². The minimum atomic E-state index is -0.416. The van der Waals surface area contributed by atoms with Crippen LogP contribution in [0.3, 0.4) is 0 Å². The molecule has 3 heteroatoms. The monoisotopic (exact) mass is 305 g/mol. The summed E-state index contributed by atoms with van der Waals surface area (Å²) in [5.74, 6) is 0. The highest BCUT2D eigenvalue weighted by atomic mass is 16.5. The molecule has 1 saturated heterocycles. The van der Waals surface area contributed by atoms with Crippen LogP contribution in [-0.4, -0.2) is 41.3 Å². The summed E-state index contributed by atoms with van der Waals surface area (Å²) in [7, 11) is 0. The standard InChI is InChI=1S/C19H31NO2/c1-4-19(17-11-6-5-7-12-17)22-14-18(21)13-20-15(2)9-8-10-16(20)3/h5-7,11-12,15-16,18-19,21H,4,8-10,13-14H2,1-3H3/t15-,16+,18-,19+/m0/s1. The average molecular weight is 305 g/mol. The van der Waals surface area contributed by atoms with Crippen LogP contribution in [0.25, 0.3) is 0 Å². The molecule has 0 bridgehead atoms. The van der Waals surface area contributed by atoms with E-state index in [4.69, 9.17) is 4.74 Å². The van der Waals surface area contributed by atoms with Gasteiger partial charge in [-0.3, -0.25) is 4.90 Å². The van der Waals surface area contributed by atoms with Crippen molar-refractivity contribution in [1.29, 1.82) is 0 Å². The molecule has 0 aromatic heterocycles. The number of hydrogen-bond donors (Lipinski definition) is 1. The molecule has 1 aliphatic rings. The van der Waals surface area contributed by atoms with E-state index in [0.29, 0.717) is 25.2 Å². The molecular weight excluding hydrogens is 274 g/mol. The minimum absolute atomic E-state index is 0.0760. The van der Waals surface area contributed by atoms with Gasteiger partial charge in [0.15, 0.2) is 0 Å². The van der Waals surface area contributed by atoms with Crippen molar-refractivity contribution in [2.45, 2.75) is 70.7 Å². The van der Waals surface area contributed by atoms with E-state index >= 15 is 0 Å². The molecule has 0 amide bonds. The molecule has 0 spiro atoms. The number of aliphatic hydroxyl groups excluding tert-OH is 1. The number of β-amino-alcohol motifs (C(OH)–C–C–N with tert-alkyl or cyclic N) is 1. The van der Waals surface area contributed by atoms with Gasteiger partial charge in [0, 0.05) is 18.6 Å². The molecule has 1 aromatic rings. The smallest absolute Gasteiger partial charge is 0.0900 e. The third kappa shape index (κ3) is 4.80. The van der Waals surface area contributed by atoms with Crippen molar-refractivity contribution >= 4 is 0 Å². The van der Waals surface area contributed by atoms with Gasteiger partial charge in [0.2, 0.25) is 0 Å². The van der Waals surface area contributed by atoms with Gasteiger partial charge < -0.3 is 9.84 Å². The first-order chi connectivity index (χ1) is 10.6. The second-order valence-electron chi connectivity index (χ2n) is 6.62. The molecule has 124 valence electrons. The van der Waals surface area contributed by atoms with E-state index in [1.807, 2.05) is 18.2 Å². The average Bonchev–Trinajstić information content (AvgIpc) is 2.53. The summed E-state index contributed by atoms with van der Waals surface area (Å²) in [6, 6.07) is 11.4. The maximum absolute atomic E-state index is 10.4. The third-order valence-corrected chi connectivity index (χ3v) is 4.83. The van der Waals surface area contributed by atoms with Crippen LogP contribution in [-0.2, 0) is 4.74 Å². The molecule has 1 heterocycles. The zero-order valence-corrected chi connectivity index (χ0v) is 14.2. The van der Waals surface area contributed by atoms with Crippen molar-refractivity contribution in [2.24, 2.45) is 0 Å². The topological polar surface area (TPSA) is 32.7 Å². The van der Waals surface area contributed by atoms with Crippen molar-refractivity contribution < 1.29 is 9.84 Å². The lowest BCUT2D eigenvalue weighted by molar-refractivity contribution is -0.0377. The summed E-state index contributed by atoms with van der Waals surface area (Å²) in [6.45, 7) is 7.78. The quantitative estimate of drug-likeness (QED) is 0.832. The van der Waals surface area contributed by atoms with Crippen LogP contribution < -0.4 is 0 Å². The number of ether oxygens (including phenoxy) is 1. The first kappa shape index (κ1) is 17.5. The van der Waals surface area contributed by atoms with E-state index in [-0.39, 0.29) is 6.10 Å². The Labute approximate surface area is 135 Å². The molecular formula is C19H31NO2. The van der Waals surface area contributed by atoms with Gasteiger partial charge >= 0.3 is 0 Å². The molecule has 22 heavy (non-hydrogen) atoms. The molecule has 0 unspecified atom stereocenters. The number of piperidine rings is 1. The van der Waals surface area contributed by atoms with Gasteiger partial charge in [-0.15, -0.1) is 0 Å². The molecule has 0 aliphatic carbocycles. The lowest BCUT2D eigenvalue weighted by Crippen LogP contribution is -2.48. The maximum atomic E-state index is 10.4. The summed E-state index contributed by atoms with van der Waals surface area (Å²) in [6.07, 6.45) is 4.36. The van der Waals surface area contributed by atoms with Gasteiger partial charge in [0.1, 0.15) is 0 Å². The Morgan fingerprint density at radius 3 is 2.41 bits per heavy atom. The molecule has 0 radical (unpaired) electrons. The molecule has 1 aromatic carbocycles. The number of likely N-dealkylation sites (tertiary alicyclic amines) is 1. The molecule has 2 rings (SSSR count). The first-order valence-corrected chi connectivity index (χ1v) is 8.72. The highest BCUT2D eigenvalue weighted by Crippen LogP contribution is 2.24. The molecule has 3 nitrogen and oxygen atoms in total. The van der Waals surface area contributed by atoms with Crippen LogP contribution in [0, 0.1) is 0 Å². The van der Waals surface area contributed by atoms with E-state index in [0.717, 1.165) is 6.42 Å². The van der Waals surface area contributed by atoms with Crippen LogP contribution >= 0.6 is 0 Å². The number of rotatable bonds is 7. The lowest BCUT2D eigenvalue weighted by Gasteiger charge is -2.40. The van der Waals surface area contributed by atoms with Crippen molar-refractivity contribution in [1.82, 2.24) is 4.90 Å². The number of benzene rings is 1. The highest BCUT2D eigenvalue weighted by Gasteiger charge is 2.26. The summed E-state index contributed by atoms with van der Waals surface area (Å²) >= 11 is 0. The second kappa shape index (κ2) is 8.66. The Balaban J connectivity index is 1.82. The number of hydrogen-bond acceptors (Lipinski definition) is 3. The third-order valence-electron chi connectivity index (χ3n) is 4.83. The van der Waals surface area contributed by atoms with Gasteiger partial charge in [-0.2, -0.15) is 0 Å². The summed E-state index contributed by atoms with van der Waals surface area (Å²) in [4.78, 5) is 2.43. The Bertz CT molecular complexity index is 413. The molecule has 1 aliphatic heterocycles. The summed E-state index contributed by atoms with van der Waals surface area (Å²) < 4.78 is 5.97. The molecule has 4 atom stereocenters. The van der Waals surface area contributed by atoms with Gasteiger partial charge in [-0.25, -0.2) is 0 Å². The van der Waals surface area contributed by atoms with Crippen LogP contribution in [0.4, 0.5) is 0 Å². The molecule has 0 saturated carbocycles. The van der Waals surface area contributed by atoms with Gasteiger partial charge in [-0.1, -0.05) is 43.7 Å². The molecule has 1 N–H and O–H groups in total. The van der Waals surface area contributed by atoms with E-state index in [2.05, 4.69) is 37.8 Å². The Hall–Kier alpha value is -0.900. The Morgan fingerprint density at radius 1 is 1.18 bits per heavy atom. The first-order valence-electron chi connectivity index (χ1n) is 8.72. The lowest BCUT2D eigenvalue weighted by atomic mass is 9.97. The van der Waals surface area contributed by atoms with E-state index in [1.54, 1.807) is 0 Å². The van der Waals surface area contributed by atoms with E-state index < -0.39 is 6.10 Å². The van der Waals surface area contributed by atoms with E-state index in [1.165, 1.54) is 24.8 Å². The van der Waals surface area contributed by atoms with Crippen molar-refractivity contribution in [3.63, 3.8) is 0 Å². The SMILES string of the molecule is CC[C@@H](OC[C@@H](O)CN1[C@H](C)CCC[C@@H]1C)c1ccccc1. The predicted octanol–water partition coefficient (Wildman–Crippen LogP) is 3.78. The van der Waals surface area contributed by atoms with Crippen LogP contribution in [0.5, 0.6) is 0 Å². The minimum Gasteiger partial charge on any atom is -0.389 e. The molecule has 1 fully saturated rings. The maximum Gasteiger partial charge on any atom is 0.0900 e. The highest BCUT2D eigenvalue weighted by molar-refractivity contribution is 5.17. The second-order valence-corrected chi connectivity index (χ2v) is 6.62. The predicted molar refractivity (Wildman–Crippen MR) is 90.9 cm³/mol. The normalized spacial score (nSPS) is 25.8. The fourth-order valence-electron chi connectivity index (χ4n) is 3.48. The van der Waals surface area contributed by atoms with Crippen LogP contribution in [0.1, 0.15) is 58.1 Å². The summed E-state index contributed by atoms with van der Waals surface area (Å²) in [5, 5.41) is 10.4. The van der Waals surface area contributed by atoms with Crippen molar-refractivity contribution in [2.75, 3.05) is 13.2 Å². The number of nitrogens with zero attached hydrogens (tertiary/aromatic N) is 1. The zero-order chi connectivity index (χ0) is 15.9. The van der Waals surface area contributed by atoms with Gasteiger partial charge in [0.25, 0.3) is 0 Å². The van der Waals surface area contributed by atoms with E-state index in [9.17, 15) is 5.11 Å². The van der Waals surface area contributed by atoms with Crippen LogP contribution in [0.15, 0.2) is 30.3 Å². The zero-order valence-electron chi connectivity index (χ0n) is 14.2. The summed E-state index contributed by atoms with van der Waals surface area (Å²) in [5.41, 5.74) is 1.19. The van der Waals surface area contributed by atoms with Gasteiger partial charge in [-0.05, 0) is 38.7 Å². The van der Waals surface area contributed by atoms with Crippen molar-refractivity contribution in [3.05, 3.63) is 35.9 Å². The Morgan fingerprint density at radius 2 is 1.82 bits per heavy atom. The number of aliphatic hydroxyl groups is 1. The fourth-order valence-corrected chi connectivity index (χ4v) is 3.48. The largest absolute Gasteiger partial charge is 0.389 e.